The second kappa shape index (κ2) is 6.03. The van der Waals surface area contributed by atoms with Gasteiger partial charge in [-0.15, -0.1) is 0 Å². The fraction of sp³-hybridized carbons (Fsp3) is 0.312. The van der Waals surface area contributed by atoms with E-state index in [1.54, 1.807) is 16.8 Å². The minimum Gasteiger partial charge on any atom is -0.619 e. The first-order valence-corrected chi connectivity index (χ1v) is 8.01. The molecule has 24 heavy (non-hydrogen) atoms. The topological polar surface area (TPSA) is 81.2 Å². The Bertz CT molecular complexity index is 876. The third-order valence-electron chi connectivity index (χ3n) is 4.27. The normalized spacial score (nSPS) is 14.5. The number of fused-ring (bicyclic) bond motifs is 1. The van der Waals surface area contributed by atoms with Crippen LogP contribution >= 0.6 is 0 Å². The summed E-state index contributed by atoms with van der Waals surface area (Å²) in [5, 5.41) is 22.4. The van der Waals surface area contributed by atoms with Gasteiger partial charge in [-0.05, 0) is 30.8 Å². The molecule has 3 aromatic heterocycles. The Morgan fingerprint density at radius 1 is 1.42 bits per heavy atom. The highest BCUT2D eigenvalue weighted by atomic mass is 16.5. The van der Waals surface area contributed by atoms with Crippen molar-refractivity contribution in [3.8, 4) is 0 Å². The number of hydrogen-bond donors (Lipinski definition) is 2. The molecule has 0 bridgehead atoms. The van der Waals surface area contributed by atoms with E-state index < -0.39 is 0 Å². The summed E-state index contributed by atoms with van der Waals surface area (Å²) in [4.78, 5) is 4.56. The zero-order chi connectivity index (χ0) is 16.5. The Kier molecular flexibility index (Phi) is 3.72. The molecule has 2 radical (unpaired) electrons. The Hall–Kier alpha value is -2.77. The zero-order valence-corrected chi connectivity index (χ0v) is 13.1. The molecule has 1 aliphatic rings. The van der Waals surface area contributed by atoms with Gasteiger partial charge in [-0.2, -0.15) is 14.3 Å². The maximum absolute atomic E-state index is 11.4. The van der Waals surface area contributed by atoms with Gasteiger partial charge >= 0.3 is 0 Å². The minimum atomic E-state index is 0.477. The van der Waals surface area contributed by atoms with Crippen molar-refractivity contribution in [2.24, 2.45) is 0 Å². The summed E-state index contributed by atoms with van der Waals surface area (Å²) >= 11 is 0. The Morgan fingerprint density at radius 2 is 2.29 bits per heavy atom. The van der Waals surface area contributed by atoms with Crippen LogP contribution in [0.3, 0.4) is 0 Å². The van der Waals surface area contributed by atoms with Gasteiger partial charge in [0.2, 0.25) is 0 Å². The lowest BCUT2D eigenvalue weighted by Gasteiger charge is -2.27. The quantitative estimate of drug-likeness (QED) is 0.412. The van der Waals surface area contributed by atoms with Crippen LogP contribution in [0.2, 0.25) is 0 Å². The number of anilines is 2. The van der Waals surface area contributed by atoms with Gasteiger partial charge in [-0.1, -0.05) is 0 Å². The average molecular weight is 320 g/mol. The number of nitrogens with zero attached hydrogens (tertiary/aromatic N) is 4. The largest absolute Gasteiger partial charge is 0.619 e. The molecule has 4 rings (SSSR count). The summed E-state index contributed by atoms with van der Waals surface area (Å²) < 4.78 is 2.46. The summed E-state index contributed by atoms with van der Waals surface area (Å²) in [6, 6.07) is 6.02. The van der Waals surface area contributed by atoms with Crippen LogP contribution in [0.4, 0.5) is 11.6 Å². The van der Waals surface area contributed by atoms with Crippen LogP contribution in [0.1, 0.15) is 24.8 Å². The lowest BCUT2D eigenvalue weighted by atomic mass is 9.93. The molecule has 3 aromatic rings. The molecule has 1 fully saturated rings. The highest BCUT2D eigenvalue weighted by Gasteiger charge is 2.18. The third kappa shape index (κ3) is 2.87. The van der Waals surface area contributed by atoms with Crippen LogP contribution in [0, 0.1) is 5.21 Å². The molecule has 0 unspecified atom stereocenters. The van der Waals surface area contributed by atoms with Crippen molar-refractivity contribution in [3.63, 3.8) is 0 Å². The van der Waals surface area contributed by atoms with Crippen LogP contribution in [0.25, 0.3) is 5.65 Å². The zero-order valence-electron chi connectivity index (χ0n) is 13.1. The summed E-state index contributed by atoms with van der Waals surface area (Å²) in [5.41, 5.74) is 2.03. The molecule has 3 heterocycles. The lowest BCUT2D eigenvalue weighted by Crippen LogP contribution is -2.28. The highest BCUT2D eigenvalue weighted by molar-refractivity contribution is 6.36. The van der Waals surface area contributed by atoms with E-state index in [0.717, 1.165) is 34.8 Å². The molecule has 0 saturated heterocycles. The second-order valence-corrected chi connectivity index (χ2v) is 6.06. The predicted octanol–water partition coefficient (Wildman–Crippen LogP) is 0.733. The summed E-state index contributed by atoms with van der Waals surface area (Å²) in [7, 11) is 5.97. The summed E-state index contributed by atoms with van der Waals surface area (Å²) in [5.74, 6) is 1.56. The maximum atomic E-state index is 11.4. The van der Waals surface area contributed by atoms with Crippen LogP contribution < -0.4 is 20.8 Å². The van der Waals surface area contributed by atoms with Crippen molar-refractivity contribution in [1.82, 2.24) is 14.6 Å². The Labute approximate surface area is 140 Å². The molecular weight excluding hydrogens is 303 g/mol. The number of nitrogens with one attached hydrogen (secondary N) is 2. The second-order valence-electron chi connectivity index (χ2n) is 6.06. The Balaban J connectivity index is 1.62. The van der Waals surface area contributed by atoms with Crippen molar-refractivity contribution < 1.29 is 4.73 Å². The van der Waals surface area contributed by atoms with Gasteiger partial charge in [0.05, 0.1) is 0 Å². The molecule has 1 aliphatic carbocycles. The standard InChI is InChI=1S/C16H17BN6O/c17-13-9-19-23-15(18-8-11-3-2-6-22(24)10-11)7-14(21-16(13)23)20-12-4-1-5-12/h2-3,6-7,9-10,12,18H,1,4-5,8H2,(H,20,21). The van der Waals surface area contributed by atoms with Gasteiger partial charge in [-0.3, -0.25) is 0 Å². The van der Waals surface area contributed by atoms with E-state index in [9.17, 15) is 5.21 Å². The number of hydrogen-bond acceptors (Lipinski definition) is 5. The van der Waals surface area contributed by atoms with Gasteiger partial charge in [0.1, 0.15) is 19.5 Å². The predicted molar refractivity (Wildman–Crippen MR) is 92.4 cm³/mol. The summed E-state index contributed by atoms with van der Waals surface area (Å²) in [6.07, 6.45) is 8.17. The number of pyridine rings is 1. The fourth-order valence-electron chi connectivity index (χ4n) is 2.74. The van der Waals surface area contributed by atoms with Crippen LogP contribution in [-0.4, -0.2) is 28.5 Å². The molecule has 0 atom stereocenters. The minimum absolute atomic E-state index is 0.477. The number of rotatable bonds is 5. The van der Waals surface area contributed by atoms with Crippen molar-refractivity contribution in [1.29, 1.82) is 0 Å². The van der Waals surface area contributed by atoms with Gasteiger partial charge in [-0.25, -0.2) is 4.98 Å². The average Bonchev–Trinajstić information content (AvgIpc) is 2.90. The van der Waals surface area contributed by atoms with E-state index in [0.29, 0.717) is 23.7 Å². The number of aromatic nitrogens is 4. The van der Waals surface area contributed by atoms with Crippen LogP contribution in [0.15, 0.2) is 36.8 Å². The van der Waals surface area contributed by atoms with Crippen molar-refractivity contribution in [2.75, 3.05) is 10.6 Å². The van der Waals surface area contributed by atoms with Gasteiger partial charge < -0.3 is 15.8 Å². The van der Waals surface area contributed by atoms with Crippen LogP contribution in [0.5, 0.6) is 0 Å². The molecule has 0 aliphatic heterocycles. The van der Waals surface area contributed by atoms with Crippen LogP contribution in [-0.2, 0) is 6.54 Å². The summed E-state index contributed by atoms with van der Waals surface area (Å²) in [6.45, 7) is 0.505. The van der Waals surface area contributed by atoms with E-state index in [1.807, 2.05) is 12.1 Å². The van der Waals surface area contributed by atoms with E-state index in [-0.39, 0.29) is 0 Å². The molecule has 0 spiro atoms. The van der Waals surface area contributed by atoms with E-state index in [2.05, 4.69) is 20.7 Å². The molecule has 2 N–H and O–H groups in total. The molecular formula is C16H17BN6O. The first-order valence-electron chi connectivity index (χ1n) is 8.01. The third-order valence-corrected chi connectivity index (χ3v) is 4.27. The highest BCUT2D eigenvalue weighted by Crippen LogP contribution is 2.24. The first kappa shape index (κ1) is 14.8. The SMILES string of the molecule is [B]c1cnn2c(NCc3ccc[n+]([O-])c3)cc(NC3CCC3)nc12. The van der Waals surface area contributed by atoms with Crippen molar-refractivity contribution in [2.45, 2.75) is 31.8 Å². The molecule has 0 aromatic carbocycles. The van der Waals surface area contributed by atoms with E-state index in [4.69, 9.17) is 7.85 Å². The van der Waals surface area contributed by atoms with Gasteiger partial charge in [0.25, 0.3) is 0 Å². The van der Waals surface area contributed by atoms with Crippen molar-refractivity contribution in [3.05, 3.63) is 47.6 Å². The molecule has 8 heteroatoms. The maximum Gasteiger partial charge on any atom is 0.185 e. The molecule has 7 nitrogen and oxygen atoms in total. The van der Waals surface area contributed by atoms with Gasteiger partial charge in [0, 0.05) is 36.5 Å². The molecule has 120 valence electrons. The smallest absolute Gasteiger partial charge is 0.185 e. The van der Waals surface area contributed by atoms with E-state index in [1.165, 1.54) is 18.8 Å². The molecule has 0 amide bonds. The fourth-order valence-corrected chi connectivity index (χ4v) is 2.74. The Morgan fingerprint density at radius 3 is 3.04 bits per heavy atom. The molecule has 1 saturated carbocycles. The van der Waals surface area contributed by atoms with Gasteiger partial charge in [0.15, 0.2) is 18.0 Å². The van der Waals surface area contributed by atoms with E-state index >= 15 is 0 Å². The lowest BCUT2D eigenvalue weighted by molar-refractivity contribution is -0.605. The monoisotopic (exact) mass is 320 g/mol. The van der Waals surface area contributed by atoms with Crippen molar-refractivity contribution >= 4 is 30.6 Å². The first-order chi connectivity index (χ1) is 11.7.